The summed E-state index contributed by atoms with van der Waals surface area (Å²) < 4.78 is 54.0. The molecule has 2 atom stereocenters. The van der Waals surface area contributed by atoms with Crippen LogP contribution in [-0.4, -0.2) is 62.5 Å². The van der Waals surface area contributed by atoms with E-state index in [2.05, 4.69) is 4.08 Å². The second-order valence-electron chi connectivity index (χ2n) is 11.4. The number of amides is 1. The van der Waals surface area contributed by atoms with Crippen LogP contribution in [0.1, 0.15) is 51.6 Å². The molecule has 0 bridgehead atoms. The third-order valence-electron chi connectivity index (χ3n) is 8.86. The number of aromatic nitrogens is 1. The van der Waals surface area contributed by atoms with Crippen molar-refractivity contribution in [3.63, 3.8) is 0 Å². The summed E-state index contributed by atoms with van der Waals surface area (Å²) in [6, 6.07) is 11.6. The molecule has 3 aromatic rings. The predicted octanol–water partition coefficient (Wildman–Crippen LogP) is -1.65. The fraction of sp³-hybridized carbons (Fsp3) is 0.303. The summed E-state index contributed by atoms with van der Waals surface area (Å²) in [4.78, 5) is 29.1. The number of carbonyl (C=O) groups is 2. The zero-order chi connectivity index (χ0) is 31.5. The van der Waals surface area contributed by atoms with Crippen LogP contribution in [0, 0.1) is 17.0 Å². The molecule has 13 heteroatoms. The van der Waals surface area contributed by atoms with Crippen molar-refractivity contribution in [2.45, 2.75) is 31.2 Å². The van der Waals surface area contributed by atoms with Crippen molar-refractivity contribution in [1.82, 2.24) is 9.58 Å². The number of pyridine rings is 1. The minimum absolute atomic E-state index is 0.0199. The zero-order valence-electron chi connectivity index (χ0n) is 24.4. The molecule has 0 radical (unpaired) electrons. The number of nitrogens with one attached hydrogen (secondary N) is 1. The summed E-state index contributed by atoms with van der Waals surface area (Å²) in [6.07, 6.45) is 2.85. The summed E-state index contributed by atoms with van der Waals surface area (Å²) >= 11 is -0.843. The monoisotopic (exact) mass is 852 g/mol. The number of hydrogen-bond donors (Lipinski definition) is 1. The number of carbonyl (C=O) groups excluding carboxylic acids is 2. The maximum atomic E-state index is 16.0. The number of halogens is 4. The van der Waals surface area contributed by atoms with Crippen LogP contribution in [0.2, 0.25) is 0 Å². The molecular formula is C33H28F2I2N4O5-2. The van der Waals surface area contributed by atoms with E-state index < -0.39 is 45.0 Å². The Hall–Kier alpha value is -3.31. The quantitative estimate of drug-likeness (QED) is 0.193. The molecule has 1 aromatic heterocycles. The van der Waals surface area contributed by atoms with Gasteiger partial charge in [0, 0.05) is 0 Å². The number of allylic oxidation sites excluding steroid dienone is 2. The van der Waals surface area contributed by atoms with Crippen LogP contribution in [-0.2, 0) is 9.47 Å². The fourth-order valence-electron chi connectivity index (χ4n) is 6.78. The van der Waals surface area contributed by atoms with E-state index in [-0.39, 0.29) is 61.7 Å². The summed E-state index contributed by atoms with van der Waals surface area (Å²) in [5.41, 5.74) is 3.42. The van der Waals surface area contributed by atoms with E-state index in [0.717, 1.165) is 23.6 Å². The van der Waals surface area contributed by atoms with Crippen molar-refractivity contribution in [2.24, 2.45) is 0 Å². The second-order valence-corrected chi connectivity index (χ2v) is 16.8. The molecule has 240 valence electrons. The van der Waals surface area contributed by atoms with E-state index in [0.29, 0.717) is 43.7 Å². The average Bonchev–Trinajstić information content (AvgIpc) is 3.51. The number of fused-ring (bicyclic) bond motifs is 6. The van der Waals surface area contributed by atoms with Gasteiger partial charge in [0.1, 0.15) is 0 Å². The SMILES string of the molecule is N=c1ccn2c(c1OC(=O)OC1CCOCC1)C(=O)N1CC[I-]CC1N2C1c2ccccc2C2=C(C=C[I-]2)c2c1ccc(F)c2F. The molecule has 9 nitrogen and oxygen atoms in total. The van der Waals surface area contributed by atoms with Crippen LogP contribution < -0.4 is 57.5 Å². The second kappa shape index (κ2) is 12.0. The Kier molecular flexibility index (Phi) is 7.87. The Morgan fingerprint density at radius 2 is 1.89 bits per heavy atom. The van der Waals surface area contributed by atoms with Crippen molar-refractivity contribution in [2.75, 3.05) is 33.6 Å². The molecular weight excluding hydrogens is 824 g/mol. The van der Waals surface area contributed by atoms with Gasteiger partial charge >= 0.3 is 281 Å². The van der Waals surface area contributed by atoms with Crippen LogP contribution in [0.3, 0.4) is 0 Å². The van der Waals surface area contributed by atoms with E-state index in [1.807, 2.05) is 35.4 Å². The third-order valence-corrected chi connectivity index (χ3v) is 14.0. The Balaban J connectivity index is 1.33. The summed E-state index contributed by atoms with van der Waals surface area (Å²) in [5.74, 6) is -2.37. The first-order chi connectivity index (χ1) is 22.4. The van der Waals surface area contributed by atoms with Gasteiger partial charge in [-0.05, 0) is 0 Å². The number of alkyl halides is 2. The van der Waals surface area contributed by atoms with Gasteiger partial charge in [0.25, 0.3) is 0 Å². The number of nitrogens with zero attached hydrogens (tertiary/aromatic N) is 3. The van der Waals surface area contributed by atoms with Gasteiger partial charge < -0.3 is 4.74 Å². The minimum atomic E-state index is -0.987. The Labute approximate surface area is 283 Å². The topological polar surface area (TPSA) is 97.1 Å². The van der Waals surface area contributed by atoms with Crippen LogP contribution in [0.15, 0.2) is 58.8 Å². The number of ether oxygens (including phenoxy) is 3. The molecule has 2 saturated heterocycles. The van der Waals surface area contributed by atoms with Gasteiger partial charge in [0.05, 0.1) is 0 Å². The van der Waals surface area contributed by atoms with E-state index in [4.69, 9.17) is 19.6 Å². The first-order valence-corrected chi connectivity index (χ1v) is 20.3. The van der Waals surface area contributed by atoms with Crippen LogP contribution in [0.25, 0.3) is 9.15 Å². The van der Waals surface area contributed by atoms with Crippen LogP contribution in [0.5, 0.6) is 5.75 Å². The fourth-order valence-corrected chi connectivity index (χ4v) is 12.0. The van der Waals surface area contributed by atoms with Crippen molar-refractivity contribution in [3.05, 3.63) is 104 Å². The van der Waals surface area contributed by atoms with Crippen molar-refractivity contribution >= 4 is 21.2 Å². The maximum absolute atomic E-state index is 16.0. The molecule has 5 heterocycles. The molecule has 0 spiro atoms. The summed E-state index contributed by atoms with van der Waals surface area (Å²) in [5, 5.41) is 10.6. The van der Waals surface area contributed by atoms with Gasteiger partial charge in [-0.1, -0.05) is 0 Å². The molecule has 4 aliphatic heterocycles. The molecule has 1 amide bonds. The standard InChI is InChI=1S/C33H28F2I2N4O5/c34-23-6-5-22-26(27(23)35)21-7-11-37-28(21)19-3-1-2-4-20(19)29(22)41-25-17-36-12-14-39(25)32(42)30-31(24(38)8-13-40(30)41)46-33(43)45-18-9-15-44-16-10-18/h1-8,11,13,18,25,29,38H,9-10,12,14-17H2/q-2. The molecule has 1 aliphatic carbocycles. The molecule has 0 saturated carbocycles. The van der Waals surface area contributed by atoms with Gasteiger partial charge in [-0.2, -0.15) is 0 Å². The van der Waals surface area contributed by atoms with Gasteiger partial charge in [-0.15, -0.1) is 0 Å². The van der Waals surface area contributed by atoms with Crippen LogP contribution >= 0.6 is 0 Å². The van der Waals surface area contributed by atoms with Gasteiger partial charge in [-0.3, -0.25) is 0 Å². The van der Waals surface area contributed by atoms with E-state index in [1.54, 1.807) is 21.8 Å². The molecule has 2 unspecified atom stereocenters. The molecule has 46 heavy (non-hydrogen) atoms. The first-order valence-electron chi connectivity index (χ1n) is 14.9. The number of benzene rings is 2. The normalized spacial score (nSPS) is 22.3. The average molecular weight is 852 g/mol. The number of rotatable bonds is 3. The van der Waals surface area contributed by atoms with Gasteiger partial charge in [0.15, 0.2) is 0 Å². The van der Waals surface area contributed by atoms with E-state index in [1.165, 1.54) is 12.1 Å². The molecule has 8 rings (SSSR count). The van der Waals surface area contributed by atoms with Crippen molar-refractivity contribution in [3.8, 4) is 5.75 Å². The molecule has 2 aromatic carbocycles. The van der Waals surface area contributed by atoms with E-state index in [9.17, 15) is 14.0 Å². The molecule has 5 aliphatic rings. The third kappa shape index (κ3) is 4.87. The van der Waals surface area contributed by atoms with Crippen LogP contribution in [0.4, 0.5) is 13.6 Å². The predicted molar refractivity (Wildman–Crippen MR) is 155 cm³/mol. The Morgan fingerprint density at radius 3 is 2.74 bits per heavy atom. The summed E-state index contributed by atoms with van der Waals surface area (Å²) in [6.45, 7) is 1.44. The Morgan fingerprint density at radius 1 is 1.07 bits per heavy atom. The van der Waals surface area contributed by atoms with Crippen molar-refractivity contribution in [1.29, 1.82) is 5.41 Å². The Bertz CT molecular complexity index is 1910. The van der Waals surface area contributed by atoms with Gasteiger partial charge in [0.2, 0.25) is 0 Å². The zero-order valence-corrected chi connectivity index (χ0v) is 28.7. The number of hydrogen-bond acceptors (Lipinski definition) is 7. The first kappa shape index (κ1) is 30.1. The molecule has 2 fully saturated rings. The molecule has 1 N–H and O–H groups in total. The van der Waals surface area contributed by atoms with E-state index >= 15 is 4.39 Å². The van der Waals surface area contributed by atoms with Crippen molar-refractivity contribution < 1.29 is 75.0 Å². The van der Waals surface area contributed by atoms with Gasteiger partial charge in [-0.25, -0.2) is 0 Å². The summed E-state index contributed by atoms with van der Waals surface area (Å²) in [7, 11) is 0.